The van der Waals surface area contributed by atoms with E-state index in [1.54, 1.807) is 25.2 Å². The number of rotatable bonds is 4. The molecule has 4 heteroatoms. The molecular weight excluding hydrogens is 262 g/mol. The van der Waals surface area contributed by atoms with Gasteiger partial charge in [0.1, 0.15) is 0 Å². The van der Waals surface area contributed by atoms with E-state index in [9.17, 15) is 5.11 Å². The van der Waals surface area contributed by atoms with Crippen LogP contribution in [0.25, 0.3) is 0 Å². The zero-order valence-electron chi connectivity index (χ0n) is 8.67. The van der Waals surface area contributed by atoms with E-state index in [2.05, 4.69) is 39.6 Å². The molecule has 0 saturated carbocycles. The van der Waals surface area contributed by atoms with Gasteiger partial charge in [0.25, 0.3) is 0 Å². The number of hydrogen-bond acceptors (Lipinski definition) is 3. The molecule has 2 N–H and O–H groups in total. The van der Waals surface area contributed by atoms with E-state index >= 15 is 0 Å². The van der Waals surface area contributed by atoms with Crippen LogP contribution in [0.2, 0.25) is 0 Å². The molecule has 0 radical (unpaired) electrons. The van der Waals surface area contributed by atoms with E-state index in [4.69, 9.17) is 0 Å². The van der Waals surface area contributed by atoms with E-state index in [-0.39, 0.29) is 6.04 Å². The number of nitrogens with one attached hydrogen (secondary N) is 1. The summed E-state index contributed by atoms with van der Waals surface area (Å²) in [6.45, 7) is 6.31. The molecule has 1 rings (SSSR count). The van der Waals surface area contributed by atoms with Gasteiger partial charge in [-0.2, -0.15) is 0 Å². The summed E-state index contributed by atoms with van der Waals surface area (Å²) in [5.74, 6) is 0. The highest BCUT2D eigenvalue weighted by Gasteiger charge is 2.15. The van der Waals surface area contributed by atoms with Crippen LogP contribution >= 0.6 is 27.3 Å². The molecule has 0 fully saturated rings. The predicted molar refractivity (Wildman–Crippen MR) is 64.7 cm³/mol. The van der Waals surface area contributed by atoms with Crippen molar-refractivity contribution in [1.29, 1.82) is 0 Å². The summed E-state index contributed by atoms with van der Waals surface area (Å²) in [4.78, 5) is 1.28. The topological polar surface area (TPSA) is 32.3 Å². The van der Waals surface area contributed by atoms with Crippen LogP contribution in [0.1, 0.15) is 31.7 Å². The van der Waals surface area contributed by atoms with Crippen LogP contribution < -0.4 is 5.32 Å². The van der Waals surface area contributed by atoms with E-state index in [0.29, 0.717) is 6.54 Å². The third kappa shape index (κ3) is 4.09. The first-order valence-electron chi connectivity index (χ1n) is 4.58. The Kier molecular flexibility index (Phi) is 4.13. The average Bonchev–Trinajstić information content (AvgIpc) is 2.46. The van der Waals surface area contributed by atoms with Gasteiger partial charge in [-0.1, -0.05) is 0 Å². The fourth-order valence-electron chi connectivity index (χ4n) is 1.06. The Hall–Kier alpha value is 0.1000. The molecule has 14 heavy (non-hydrogen) atoms. The highest BCUT2D eigenvalue weighted by Crippen LogP contribution is 2.25. The summed E-state index contributed by atoms with van der Waals surface area (Å²) >= 11 is 5.14. The van der Waals surface area contributed by atoms with Crippen molar-refractivity contribution < 1.29 is 5.11 Å². The van der Waals surface area contributed by atoms with Gasteiger partial charge in [0.05, 0.1) is 5.60 Å². The Morgan fingerprint density at radius 1 is 1.64 bits per heavy atom. The molecule has 1 atom stereocenters. The molecule has 0 aliphatic rings. The number of halogens is 1. The molecule has 0 aliphatic carbocycles. The third-order valence-corrected chi connectivity index (χ3v) is 3.73. The minimum Gasteiger partial charge on any atom is -0.389 e. The fraction of sp³-hybridized carbons (Fsp3) is 0.600. The van der Waals surface area contributed by atoms with Crippen LogP contribution in [0.15, 0.2) is 15.9 Å². The standard InChI is InChI=1S/C10H16BrNOS/c1-7(12-6-10(2,3)13)9-4-8(11)5-14-9/h4-5,7,12-13H,6H2,1-3H3. The lowest BCUT2D eigenvalue weighted by molar-refractivity contribution is 0.0771. The van der Waals surface area contributed by atoms with Crippen LogP contribution in [0.5, 0.6) is 0 Å². The molecule has 0 aliphatic heterocycles. The maximum Gasteiger partial charge on any atom is 0.0715 e. The van der Waals surface area contributed by atoms with Crippen LogP contribution in [0.4, 0.5) is 0 Å². The first-order chi connectivity index (χ1) is 6.38. The summed E-state index contributed by atoms with van der Waals surface area (Å²) in [6.07, 6.45) is 0. The highest BCUT2D eigenvalue weighted by atomic mass is 79.9. The quantitative estimate of drug-likeness (QED) is 0.887. The molecule has 1 aromatic rings. The van der Waals surface area contributed by atoms with Crippen molar-refractivity contribution in [3.05, 3.63) is 20.8 Å². The molecule has 0 bridgehead atoms. The van der Waals surface area contributed by atoms with Crippen LogP contribution in [-0.4, -0.2) is 17.3 Å². The molecule has 2 nitrogen and oxygen atoms in total. The Balaban J connectivity index is 2.47. The molecule has 80 valence electrons. The predicted octanol–water partition coefficient (Wildman–Crippen LogP) is 2.93. The zero-order chi connectivity index (χ0) is 10.8. The first-order valence-corrected chi connectivity index (χ1v) is 6.25. The van der Waals surface area contributed by atoms with Gasteiger partial charge < -0.3 is 10.4 Å². The molecule has 1 heterocycles. The summed E-state index contributed by atoms with van der Waals surface area (Å²) in [7, 11) is 0. The summed E-state index contributed by atoms with van der Waals surface area (Å²) in [5.41, 5.74) is -0.650. The van der Waals surface area contributed by atoms with Crippen molar-refractivity contribution in [3.8, 4) is 0 Å². The zero-order valence-corrected chi connectivity index (χ0v) is 11.1. The lowest BCUT2D eigenvalue weighted by atomic mass is 10.1. The third-order valence-electron chi connectivity index (χ3n) is 1.86. The molecule has 0 aromatic carbocycles. The second-order valence-electron chi connectivity index (χ2n) is 4.08. The Bertz CT molecular complexity index is 293. The van der Waals surface area contributed by atoms with Crippen molar-refractivity contribution in [2.45, 2.75) is 32.4 Å². The molecule has 1 aromatic heterocycles. The van der Waals surface area contributed by atoms with E-state index in [1.165, 1.54) is 4.88 Å². The van der Waals surface area contributed by atoms with Gasteiger partial charge >= 0.3 is 0 Å². The van der Waals surface area contributed by atoms with Crippen LogP contribution in [0, 0.1) is 0 Å². The van der Waals surface area contributed by atoms with Crippen molar-refractivity contribution in [2.24, 2.45) is 0 Å². The Labute approximate surface area is 97.5 Å². The van der Waals surface area contributed by atoms with Crippen molar-refractivity contribution in [3.63, 3.8) is 0 Å². The van der Waals surface area contributed by atoms with E-state index < -0.39 is 5.60 Å². The summed E-state index contributed by atoms with van der Waals surface area (Å²) < 4.78 is 1.12. The SMILES string of the molecule is CC(NCC(C)(C)O)c1cc(Br)cs1. The number of hydrogen-bond donors (Lipinski definition) is 2. The molecule has 0 amide bonds. The minimum atomic E-state index is -0.650. The van der Waals surface area contributed by atoms with Gasteiger partial charge in [0.15, 0.2) is 0 Å². The van der Waals surface area contributed by atoms with Gasteiger partial charge in [-0.15, -0.1) is 11.3 Å². The van der Waals surface area contributed by atoms with Gasteiger partial charge in [0.2, 0.25) is 0 Å². The smallest absolute Gasteiger partial charge is 0.0715 e. The Morgan fingerprint density at radius 3 is 2.71 bits per heavy atom. The lowest BCUT2D eigenvalue weighted by Crippen LogP contribution is -2.35. The monoisotopic (exact) mass is 277 g/mol. The average molecular weight is 278 g/mol. The largest absolute Gasteiger partial charge is 0.389 e. The van der Waals surface area contributed by atoms with Gasteiger partial charge in [-0.25, -0.2) is 0 Å². The minimum absolute atomic E-state index is 0.290. The maximum atomic E-state index is 9.55. The molecule has 0 spiro atoms. The summed E-state index contributed by atoms with van der Waals surface area (Å²) in [6, 6.07) is 2.39. The Morgan fingerprint density at radius 2 is 2.29 bits per heavy atom. The second-order valence-corrected chi connectivity index (χ2v) is 5.94. The highest BCUT2D eigenvalue weighted by molar-refractivity contribution is 9.10. The normalized spacial score (nSPS) is 14.4. The first kappa shape index (κ1) is 12.2. The molecular formula is C10H16BrNOS. The fourth-order valence-corrected chi connectivity index (χ4v) is 2.54. The molecule has 1 unspecified atom stereocenters. The van der Waals surface area contributed by atoms with Crippen molar-refractivity contribution in [1.82, 2.24) is 5.32 Å². The van der Waals surface area contributed by atoms with Crippen molar-refractivity contribution >= 4 is 27.3 Å². The molecule has 0 saturated heterocycles. The van der Waals surface area contributed by atoms with Crippen LogP contribution in [-0.2, 0) is 0 Å². The maximum absolute atomic E-state index is 9.55. The van der Waals surface area contributed by atoms with Gasteiger partial charge in [-0.05, 0) is 42.8 Å². The van der Waals surface area contributed by atoms with E-state index in [0.717, 1.165) is 4.47 Å². The van der Waals surface area contributed by atoms with E-state index in [1.807, 2.05) is 0 Å². The number of thiophene rings is 1. The van der Waals surface area contributed by atoms with Crippen LogP contribution in [0.3, 0.4) is 0 Å². The second kappa shape index (κ2) is 4.75. The van der Waals surface area contributed by atoms with Crippen molar-refractivity contribution in [2.75, 3.05) is 6.54 Å². The van der Waals surface area contributed by atoms with Gasteiger partial charge in [0, 0.05) is 27.3 Å². The van der Waals surface area contributed by atoms with Gasteiger partial charge in [-0.3, -0.25) is 0 Å². The number of aliphatic hydroxyl groups is 1. The summed E-state index contributed by atoms with van der Waals surface area (Å²) in [5, 5.41) is 14.9. The lowest BCUT2D eigenvalue weighted by Gasteiger charge is -2.21.